The lowest BCUT2D eigenvalue weighted by Crippen LogP contribution is -2.55. The Hall–Kier alpha value is -1.83. The molecule has 174 valence electrons. The van der Waals surface area contributed by atoms with E-state index in [0.717, 1.165) is 52.0 Å². The van der Waals surface area contributed by atoms with Gasteiger partial charge in [0.05, 0.1) is 6.61 Å². The Kier molecular flexibility index (Phi) is 6.74. The van der Waals surface area contributed by atoms with Gasteiger partial charge in [0.1, 0.15) is 0 Å². The quantitative estimate of drug-likeness (QED) is 0.546. The molecular weight excluding hydrogens is 394 g/mol. The van der Waals surface area contributed by atoms with E-state index < -0.39 is 0 Å². The van der Waals surface area contributed by atoms with Gasteiger partial charge in [0, 0.05) is 45.7 Å². The summed E-state index contributed by atoms with van der Waals surface area (Å²) in [6.45, 7) is 9.08. The average molecular weight is 434 g/mol. The number of ether oxygens (including phenoxy) is 2. The highest BCUT2D eigenvalue weighted by atomic mass is 16.6. The topological polar surface area (TPSA) is 81.5 Å². The summed E-state index contributed by atoms with van der Waals surface area (Å²) in [5.74, 6) is 1.19. The number of carbonyl (C=O) groups excluding carboxylic acids is 1. The van der Waals surface area contributed by atoms with Gasteiger partial charge in [-0.25, -0.2) is 4.79 Å². The van der Waals surface area contributed by atoms with Gasteiger partial charge in [-0.3, -0.25) is 10.4 Å². The molecule has 1 unspecified atom stereocenters. The monoisotopic (exact) mass is 433 g/mol. The second-order valence-electron chi connectivity index (χ2n) is 9.86. The molecule has 8 nitrogen and oxygen atoms in total. The molecule has 0 aromatic carbocycles. The number of amidine groups is 1. The van der Waals surface area contributed by atoms with Crippen LogP contribution in [0.3, 0.4) is 0 Å². The van der Waals surface area contributed by atoms with E-state index in [1.54, 1.807) is 14.0 Å². The number of aliphatic imine (C=N–C) groups is 1. The second-order valence-corrected chi connectivity index (χ2v) is 9.86. The zero-order valence-electron chi connectivity index (χ0n) is 19.4. The van der Waals surface area contributed by atoms with Crippen LogP contribution in [-0.2, 0) is 9.47 Å². The molecule has 4 fully saturated rings. The Morgan fingerprint density at radius 1 is 1.16 bits per heavy atom. The van der Waals surface area contributed by atoms with Crippen molar-refractivity contribution < 1.29 is 14.3 Å². The average Bonchev–Trinajstić information content (AvgIpc) is 3.41. The van der Waals surface area contributed by atoms with Gasteiger partial charge >= 0.3 is 6.09 Å². The van der Waals surface area contributed by atoms with Gasteiger partial charge in [-0.15, -0.1) is 0 Å². The minimum absolute atomic E-state index is 0.139. The first-order chi connectivity index (χ1) is 14.9. The molecule has 4 aliphatic rings. The predicted octanol–water partition coefficient (Wildman–Crippen LogP) is 3.17. The largest absolute Gasteiger partial charge is 0.450 e. The van der Waals surface area contributed by atoms with E-state index in [1.807, 2.05) is 11.8 Å². The molecular formula is C23H39N5O3. The van der Waals surface area contributed by atoms with Crippen molar-refractivity contribution in [2.75, 3.05) is 46.4 Å². The lowest BCUT2D eigenvalue weighted by Gasteiger charge is -2.52. The van der Waals surface area contributed by atoms with Crippen LogP contribution in [0.15, 0.2) is 4.99 Å². The Bertz CT molecular complexity index is 697. The number of hydrogen-bond acceptors (Lipinski definition) is 6. The van der Waals surface area contributed by atoms with Crippen molar-refractivity contribution >= 4 is 18.0 Å². The zero-order valence-corrected chi connectivity index (χ0v) is 19.4. The fourth-order valence-electron chi connectivity index (χ4n) is 6.29. The van der Waals surface area contributed by atoms with Gasteiger partial charge in [-0.05, 0) is 76.3 Å². The molecule has 8 heteroatoms. The fraction of sp³-hybridized carbons (Fsp3) is 0.870. The van der Waals surface area contributed by atoms with Gasteiger partial charge in [0.25, 0.3) is 6.02 Å². The number of carbonyl (C=O) groups is 1. The van der Waals surface area contributed by atoms with E-state index in [9.17, 15) is 4.79 Å². The Morgan fingerprint density at radius 3 is 2.58 bits per heavy atom. The van der Waals surface area contributed by atoms with E-state index >= 15 is 0 Å². The third-order valence-corrected chi connectivity index (χ3v) is 8.06. The lowest BCUT2D eigenvalue weighted by atomic mass is 9.64. The van der Waals surface area contributed by atoms with E-state index in [1.165, 1.54) is 25.7 Å². The van der Waals surface area contributed by atoms with Crippen LogP contribution in [0.2, 0.25) is 0 Å². The van der Waals surface area contributed by atoms with Crippen molar-refractivity contribution in [2.45, 2.75) is 70.9 Å². The smallest absolute Gasteiger partial charge is 0.409 e. The van der Waals surface area contributed by atoms with Crippen LogP contribution in [0.5, 0.6) is 0 Å². The molecule has 3 heterocycles. The van der Waals surface area contributed by atoms with Crippen LogP contribution >= 0.6 is 0 Å². The van der Waals surface area contributed by atoms with Crippen LogP contribution in [0.4, 0.5) is 4.79 Å². The van der Waals surface area contributed by atoms with Crippen LogP contribution < -0.4 is 0 Å². The first-order valence-corrected chi connectivity index (χ1v) is 12.1. The summed E-state index contributed by atoms with van der Waals surface area (Å²) in [6, 6.07) is 1.37. The number of piperidine rings is 1. The van der Waals surface area contributed by atoms with Gasteiger partial charge in [-0.1, -0.05) is 0 Å². The molecule has 0 aromatic rings. The highest BCUT2D eigenvalue weighted by Crippen LogP contribution is 2.51. The summed E-state index contributed by atoms with van der Waals surface area (Å²) >= 11 is 0. The molecule has 0 radical (unpaired) electrons. The van der Waals surface area contributed by atoms with Crippen molar-refractivity contribution in [3.05, 3.63) is 0 Å². The van der Waals surface area contributed by atoms with Crippen LogP contribution in [0.1, 0.15) is 58.8 Å². The standard InChI is InChI=1S/C23H39N5O3/c1-4-30-22(29)27-13-9-23(16-27)14-19(15-23)26-11-7-18(8-12-26)20-6-5-10-28(20)21(24)31-17(2)25-3/h18-20,24H,4-16H2,1-3H3. The zero-order chi connectivity index (χ0) is 22.0. The van der Waals surface area contributed by atoms with E-state index in [0.29, 0.717) is 35.9 Å². The third-order valence-electron chi connectivity index (χ3n) is 8.06. The Balaban J connectivity index is 1.23. The van der Waals surface area contributed by atoms with Gasteiger partial charge in [-0.2, -0.15) is 0 Å². The highest BCUT2D eigenvalue weighted by molar-refractivity contribution is 5.87. The molecule has 4 rings (SSSR count). The van der Waals surface area contributed by atoms with Crippen LogP contribution in [-0.4, -0.2) is 91.2 Å². The predicted molar refractivity (Wildman–Crippen MR) is 121 cm³/mol. The van der Waals surface area contributed by atoms with E-state index in [4.69, 9.17) is 14.9 Å². The molecule has 1 saturated carbocycles. The Morgan fingerprint density at radius 2 is 1.90 bits per heavy atom. The number of rotatable bonds is 3. The maximum atomic E-state index is 12.0. The summed E-state index contributed by atoms with van der Waals surface area (Å²) in [4.78, 5) is 22.8. The number of nitrogens with one attached hydrogen (secondary N) is 1. The molecule has 0 bridgehead atoms. The maximum absolute atomic E-state index is 12.0. The normalized spacial score (nSPS) is 32.4. The minimum atomic E-state index is -0.139. The second kappa shape index (κ2) is 9.35. The molecule has 1 aliphatic carbocycles. The van der Waals surface area contributed by atoms with E-state index in [2.05, 4.69) is 14.8 Å². The number of amides is 1. The first-order valence-electron chi connectivity index (χ1n) is 12.1. The van der Waals surface area contributed by atoms with Gasteiger partial charge in [0.2, 0.25) is 0 Å². The summed E-state index contributed by atoms with van der Waals surface area (Å²) in [5.41, 5.74) is 0.335. The fourth-order valence-corrected chi connectivity index (χ4v) is 6.29. The Labute approximate surface area is 186 Å². The molecule has 3 aliphatic heterocycles. The number of nitrogens with zero attached hydrogens (tertiary/aromatic N) is 4. The minimum Gasteiger partial charge on any atom is -0.450 e. The summed E-state index contributed by atoms with van der Waals surface area (Å²) in [5, 5.41) is 8.36. The summed E-state index contributed by atoms with van der Waals surface area (Å²) < 4.78 is 10.8. The lowest BCUT2D eigenvalue weighted by molar-refractivity contribution is -0.0141. The van der Waals surface area contributed by atoms with Crippen LogP contribution in [0, 0.1) is 16.7 Å². The van der Waals surface area contributed by atoms with Crippen molar-refractivity contribution in [3.63, 3.8) is 0 Å². The summed E-state index contributed by atoms with van der Waals surface area (Å²) in [7, 11) is 1.70. The molecule has 3 saturated heterocycles. The first kappa shape index (κ1) is 22.4. The van der Waals surface area contributed by atoms with Crippen molar-refractivity contribution in [1.82, 2.24) is 14.7 Å². The van der Waals surface area contributed by atoms with Crippen LogP contribution in [0.25, 0.3) is 0 Å². The van der Waals surface area contributed by atoms with Crippen molar-refractivity contribution in [3.8, 4) is 0 Å². The summed E-state index contributed by atoms with van der Waals surface area (Å²) in [6.07, 6.45) is 8.13. The number of hydrogen-bond donors (Lipinski definition) is 1. The number of likely N-dealkylation sites (tertiary alicyclic amines) is 3. The van der Waals surface area contributed by atoms with Crippen molar-refractivity contribution in [2.24, 2.45) is 16.3 Å². The molecule has 1 N–H and O–H groups in total. The molecule has 31 heavy (non-hydrogen) atoms. The third kappa shape index (κ3) is 4.69. The molecule has 1 spiro atoms. The van der Waals surface area contributed by atoms with Gasteiger partial charge < -0.3 is 24.2 Å². The van der Waals surface area contributed by atoms with E-state index in [-0.39, 0.29) is 12.1 Å². The highest BCUT2D eigenvalue weighted by Gasteiger charge is 2.51. The molecule has 1 amide bonds. The van der Waals surface area contributed by atoms with Crippen molar-refractivity contribution in [1.29, 1.82) is 5.41 Å². The maximum Gasteiger partial charge on any atom is 0.409 e. The van der Waals surface area contributed by atoms with Gasteiger partial charge in [0.15, 0.2) is 5.90 Å². The SMILES string of the molecule is CCOC(=O)N1CCC2(CC(N3CCC(C4CCCN4C(=N)OC(C)=NC)CC3)C2)C1. The molecule has 1 atom stereocenters. The molecule has 0 aromatic heterocycles.